The molecule has 1 atom stereocenters. The second-order valence-corrected chi connectivity index (χ2v) is 4.88. The number of carbonyl (C=O) groups is 1. The summed E-state index contributed by atoms with van der Waals surface area (Å²) in [4.78, 5) is 13.4. The molecule has 1 aromatic rings. The van der Waals surface area contributed by atoms with Crippen LogP contribution in [0.3, 0.4) is 0 Å². The molecule has 1 saturated heterocycles. The number of nitrogens with zero attached hydrogens (tertiary/aromatic N) is 1. The van der Waals surface area contributed by atoms with Crippen molar-refractivity contribution >= 4 is 34.6 Å². The van der Waals surface area contributed by atoms with Gasteiger partial charge in [0.05, 0.1) is 17.1 Å². The van der Waals surface area contributed by atoms with Crippen LogP contribution in [0.4, 0.5) is 21.5 Å². The number of hydrogen-bond acceptors (Lipinski definition) is 4. The first kappa shape index (κ1) is 13.7. The maximum absolute atomic E-state index is 14.3. The fourth-order valence-corrected chi connectivity index (χ4v) is 2.57. The average Bonchev–Trinajstić information content (AvgIpc) is 2.84. The number of carbonyl (C=O) groups excluding carboxylic acids is 1. The zero-order valence-electron chi connectivity index (χ0n) is 10.5. The zero-order chi connectivity index (χ0) is 14.2. The van der Waals surface area contributed by atoms with E-state index in [1.165, 1.54) is 6.07 Å². The number of nitrogen functional groups attached to an aromatic ring is 2. The van der Waals surface area contributed by atoms with E-state index in [0.717, 1.165) is 6.42 Å². The standard InChI is InChI=1S/C12H16ClFN4O/c1-17-12(19)8-3-2-4-18(8)11-7(16)5-6(15)9(13)10(11)14/h5,8H,2-4,15-16H2,1H3,(H,17,19). The van der Waals surface area contributed by atoms with Crippen molar-refractivity contribution in [3.05, 3.63) is 16.9 Å². The molecule has 2 rings (SSSR count). The van der Waals surface area contributed by atoms with Gasteiger partial charge in [0.25, 0.3) is 0 Å². The van der Waals surface area contributed by atoms with Crippen LogP contribution in [0.2, 0.25) is 5.02 Å². The number of rotatable bonds is 2. The van der Waals surface area contributed by atoms with Gasteiger partial charge in [0.15, 0.2) is 5.82 Å². The van der Waals surface area contributed by atoms with E-state index in [2.05, 4.69) is 5.32 Å². The molecule has 1 aliphatic heterocycles. The Kier molecular flexibility index (Phi) is 3.71. The Morgan fingerprint density at radius 2 is 2.21 bits per heavy atom. The summed E-state index contributed by atoms with van der Waals surface area (Å²) in [6, 6.07) is 0.987. The van der Waals surface area contributed by atoms with Gasteiger partial charge in [-0.05, 0) is 18.9 Å². The van der Waals surface area contributed by atoms with Crippen molar-refractivity contribution in [1.82, 2.24) is 5.32 Å². The second kappa shape index (κ2) is 5.13. The minimum absolute atomic E-state index is 0.0936. The normalized spacial score (nSPS) is 18.7. The van der Waals surface area contributed by atoms with Crippen molar-refractivity contribution < 1.29 is 9.18 Å². The Hall–Kier alpha value is -1.69. The third-order valence-corrected chi connectivity index (χ3v) is 3.71. The molecule has 0 aromatic heterocycles. The van der Waals surface area contributed by atoms with E-state index in [1.54, 1.807) is 11.9 Å². The van der Waals surface area contributed by atoms with Gasteiger partial charge in [-0.3, -0.25) is 4.79 Å². The molecule has 1 aliphatic rings. The zero-order valence-corrected chi connectivity index (χ0v) is 11.3. The van der Waals surface area contributed by atoms with Gasteiger partial charge < -0.3 is 21.7 Å². The highest BCUT2D eigenvalue weighted by atomic mass is 35.5. The summed E-state index contributed by atoms with van der Waals surface area (Å²) in [6.07, 6.45) is 1.44. The summed E-state index contributed by atoms with van der Waals surface area (Å²) in [7, 11) is 1.55. The van der Waals surface area contributed by atoms with Gasteiger partial charge in [-0.25, -0.2) is 4.39 Å². The molecular formula is C12H16ClFN4O. The van der Waals surface area contributed by atoms with Gasteiger partial charge in [0.1, 0.15) is 11.1 Å². The molecule has 0 radical (unpaired) electrons. The number of benzene rings is 1. The Labute approximate surface area is 115 Å². The summed E-state index contributed by atoms with van der Waals surface area (Å²) >= 11 is 5.81. The van der Waals surface area contributed by atoms with Crippen LogP contribution in [0.25, 0.3) is 0 Å². The highest BCUT2D eigenvalue weighted by Crippen LogP contribution is 2.39. The summed E-state index contributed by atoms with van der Waals surface area (Å²) < 4.78 is 14.3. The van der Waals surface area contributed by atoms with Crippen LogP contribution in [0.15, 0.2) is 6.07 Å². The first-order valence-electron chi connectivity index (χ1n) is 5.98. The maximum Gasteiger partial charge on any atom is 0.242 e. The number of nitrogens with two attached hydrogens (primary N) is 2. The molecule has 0 saturated carbocycles. The number of anilines is 3. The Bertz CT molecular complexity index is 523. The van der Waals surface area contributed by atoms with Gasteiger partial charge in [0.2, 0.25) is 5.91 Å². The summed E-state index contributed by atoms with van der Waals surface area (Å²) in [6.45, 7) is 0.555. The monoisotopic (exact) mass is 286 g/mol. The van der Waals surface area contributed by atoms with Gasteiger partial charge in [0, 0.05) is 13.6 Å². The molecule has 7 heteroatoms. The van der Waals surface area contributed by atoms with E-state index in [-0.39, 0.29) is 28.0 Å². The van der Waals surface area contributed by atoms with Crippen LogP contribution < -0.4 is 21.7 Å². The van der Waals surface area contributed by atoms with Gasteiger partial charge in [-0.15, -0.1) is 0 Å². The Morgan fingerprint density at radius 1 is 1.53 bits per heavy atom. The molecule has 5 N–H and O–H groups in total. The predicted molar refractivity (Wildman–Crippen MR) is 74.7 cm³/mol. The fourth-order valence-electron chi connectivity index (χ4n) is 2.42. The lowest BCUT2D eigenvalue weighted by Gasteiger charge is -2.27. The fraction of sp³-hybridized carbons (Fsp3) is 0.417. The molecule has 104 valence electrons. The summed E-state index contributed by atoms with van der Waals surface area (Å²) in [5, 5.41) is 2.41. The van der Waals surface area contributed by atoms with Crippen LogP contribution in [-0.2, 0) is 4.79 Å². The number of hydrogen-bond donors (Lipinski definition) is 3. The van der Waals surface area contributed by atoms with Crippen molar-refractivity contribution in [2.75, 3.05) is 30.0 Å². The number of amides is 1. The maximum atomic E-state index is 14.3. The van der Waals surface area contributed by atoms with Crippen molar-refractivity contribution in [3.63, 3.8) is 0 Å². The number of halogens is 2. The average molecular weight is 287 g/mol. The first-order valence-corrected chi connectivity index (χ1v) is 6.36. The van der Waals surface area contributed by atoms with E-state index in [1.807, 2.05) is 0 Å². The molecule has 1 aromatic carbocycles. The summed E-state index contributed by atoms with van der Waals surface area (Å²) in [5.41, 5.74) is 11.8. The molecule has 0 bridgehead atoms. The van der Waals surface area contributed by atoms with Crippen LogP contribution in [0.5, 0.6) is 0 Å². The molecule has 1 unspecified atom stereocenters. The van der Waals surface area contributed by atoms with Crippen LogP contribution in [0.1, 0.15) is 12.8 Å². The molecule has 5 nitrogen and oxygen atoms in total. The van der Waals surface area contributed by atoms with E-state index in [9.17, 15) is 9.18 Å². The van der Waals surface area contributed by atoms with Crippen molar-refractivity contribution in [2.45, 2.75) is 18.9 Å². The Balaban J connectivity index is 2.47. The molecule has 0 spiro atoms. The van der Waals surface area contributed by atoms with Crippen LogP contribution >= 0.6 is 11.6 Å². The quantitative estimate of drug-likeness (QED) is 0.717. The van der Waals surface area contributed by atoms with E-state index in [4.69, 9.17) is 23.1 Å². The highest BCUT2D eigenvalue weighted by molar-refractivity contribution is 6.33. The van der Waals surface area contributed by atoms with Gasteiger partial charge >= 0.3 is 0 Å². The van der Waals surface area contributed by atoms with Crippen molar-refractivity contribution in [3.8, 4) is 0 Å². The first-order chi connectivity index (χ1) is 8.97. The lowest BCUT2D eigenvalue weighted by atomic mass is 10.1. The van der Waals surface area contributed by atoms with E-state index >= 15 is 0 Å². The second-order valence-electron chi connectivity index (χ2n) is 4.50. The molecular weight excluding hydrogens is 271 g/mol. The predicted octanol–water partition coefficient (Wildman–Crippen LogP) is 1.36. The molecule has 1 heterocycles. The van der Waals surface area contributed by atoms with Gasteiger partial charge in [-0.2, -0.15) is 0 Å². The van der Waals surface area contributed by atoms with E-state index < -0.39 is 11.9 Å². The number of nitrogens with one attached hydrogen (secondary N) is 1. The lowest BCUT2D eigenvalue weighted by molar-refractivity contribution is -0.121. The summed E-state index contributed by atoms with van der Waals surface area (Å²) in [5.74, 6) is -0.834. The molecule has 1 fully saturated rings. The van der Waals surface area contributed by atoms with Crippen molar-refractivity contribution in [2.24, 2.45) is 0 Å². The molecule has 19 heavy (non-hydrogen) atoms. The molecule has 0 aliphatic carbocycles. The van der Waals surface area contributed by atoms with Crippen LogP contribution in [0, 0.1) is 5.82 Å². The SMILES string of the molecule is CNC(=O)C1CCCN1c1c(N)cc(N)c(Cl)c1F. The minimum atomic E-state index is -0.671. The van der Waals surface area contributed by atoms with Gasteiger partial charge in [-0.1, -0.05) is 11.6 Å². The van der Waals surface area contributed by atoms with E-state index in [0.29, 0.717) is 13.0 Å². The van der Waals surface area contributed by atoms with Crippen molar-refractivity contribution in [1.29, 1.82) is 0 Å². The van der Waals surface area contributed by atoms with Crippen LogP contribution in [-0.4, -0.2) is 25.5 Å². The third-order valence-electron chi connectivity index (χ3n) is 3.33. The topological polar surface area (TPSA) is 84.4 Å². The third kappa shape index (κ3) is 2.28. The molecule has 1 amide bonds. The lowest BCUT2D eigenvalue weighted by Crippen LogP contribution is -2.42. The minimum Gasteiger partial charge on any atom is -0.397 e. The highest BCUT2D eigenvalue weighted by Gasteiger charge is 2.33. The Morgan fingerprint density at radius 3 is 2.84 bits per heavy atom. The largest absolute Gasteiger partial charge is 0.397 e. The number of likely N-dealkylation sites (N-methyl/N-ethyl adjacent to an activating group) is 1. The smallest absolute Gasteiger partial charge is 0.242 e.